The highest BCUT2D eigenvalue weighted by atomic mass is 16.4. The maximum absolute atomic E-state index is 11.0. The monoisotopic (exact) mass is 308 g/mol. The molecule has 1 fully saturated rings. The quantitative estimate of drug-likeness (QED) is 0.867. The molecule has 118 valence electrons. The maximum Gasteiger partial charge on any atom is 0.335 e. The Morgan fingerprint density at radius 1 is 1.17 bits per heavy atom. The van der Waals surface area contributed by atoms with Crippen LogP contribution in [-0.4, -0.2) is 30.4 Å². The van der Waals surface area contributed by atoms with E-state index in [1.165, 1.54) is 24.1 Å². The number of benzene rings is 2. The minimum Gasteiger partial charge on any atom is -0.478 e. The second kappa shape index (κ2) is 6.65. The van der Waals surface area contributed by atoms with Gasteiger partial charge in [0, 0.05) is 25.0 Å². The highest BCUT2D eigenvalue weighted by Gasteiger charge is 2.13. The fraction of sp³-hybridized carbons (Fsp3) is 0.263. The molecule has 1 heterocycles. The zero-order valence-corrected chi connectivity index (χ0v) is 13.2. The lowest BCUT2D eigenvalue weighted by molar-refractivity contribution is 0.0697. The molecule has 0 bridgehead atoms. The van der Waals surface area contributed by atoms with Gasteiger partial charge in [-0.2, -0.15) is 0 Å². The average Bonchev–Trinajstić information content (AvgIpc) is 3.07. The molecule has 1 saturated heterocycles. The number of carboxylic acid groups (broad SMARTS) is 1. The first-order valence-electron chi connectivity index (χ1n) is 7.86. The Morgan fingerprint density at radius 3 is 2.65 bits per heavy atom. The maximum atomic E-state index is 11.0. The van der Waals surface area contributed by atoms with Crippen LogP contribution in [0.3, 0.4) is 0 Å². The molecule has 0 atom stereocenters. The van der Waals surface area contributed by atoms with Gasteiger partial charge in [-0.15, -0.1) is 0 Å². The number of hydrogen-bond donors (Lipinski definition) is 1. The molecule has 1 aliphatic rings. The Labute approximate surface area is 136 Å². The predicted octanol–water partition coefficient (Wildman–Crippen LogP) is 4.04. The summed E-state index contributed by atoms with van der Waals surface area (Å²) in [6, 6.07) is 13.0. The van der Waals surface area contributed by atoms with Gasteiger partial charge in [-0.1, -0.05) is 12.1 Å². The Morgan fingerprint density at radius 2 is 1.96 bits per heavy atom. The van der Waals surface area contributed by atoms with E-state index in [1.807, 2.05) is 0 Å². The van der Waals surface area contributed by atoms with Crippen molar-refractivity contribution in [3.8, 4) is 0 Å². The first-order chi connectivity index (χ1) is 11.1. The van der Waals surface area contributed by atoms with E-state index in [-0.39, 0.29) is 5.56 Å². The van der Waals surface area contributed by atoms with Gasteiger partial charge in [-0.3, -0.25) is 4.99 Å². The molecule has 0 aromatic heterocycles. The van der Waals surface area contributed by atoms with Crippen molar-refractivity contribution in [3.05, 3.63) is 59.2 Å². The molecular weight excluding hydrogens is 288 g/mol. The summed E-state index contributed by atoms with van der Waals surface area (Å²) in [6.07, 6.45) is 4.31. The zero-order chi connectivity index (χ0) is 16.2. The third-order valence-corrected chi connectivity index (χ3v) is 4.12. The van der Waals surface area contributed by atoms with E-state index in [0.717, 1.165) is 18.7 Å². The zero-order valence-electron chi connectivity index (χ0n) is 13.2. The van der Waals surface area contributed by atoms with Crippen molar-refractivity contribution in [2.75, 3.05) is 18.0 Å². The molecular formula is C19H20N2O2. The molecule has 0 unspecified atom stereocenters. The Kier molecular flexibility index (Phi) is 4.42. The van der Waals surface area contributed by atoms with Crippen molar-refractivity contribution < 1.29 is 9.90 Å². The first kappa shape index (κ1) is 15.3. The molecule has 0 saturated carbocycles. The second-order valence-electron chi connectivity index (χ2n) is 5.85. The molecule has 4 heteroatoms. The summed E-state index contributed by atoms with van der Waals surface area (Å²) >= 11 is 0. The number of aliphatic imine (C=N–C) groups is 1. The van der Waals surface area contributed by atoms with Gasteiger partial charge in [0.25, 0.3) is 0 Å². The summed E-state index contributed by atoms with van der Waals surface area (Å²) in [5, 5.41) is 9.01. The highest BCUT2D eigenvalue weighted by molar-refractivity contribution is 5.89. The molecule has 0 radical (unpaired) electrons. The standard InChI is InChI=1S/C19H20N2O2/c1-14-11-15(7-8-18(14)21-9-2-3-10-21)13-20-17-6-4-5-16(12-17)19(22)23/h4-8,11-13H,2-3,9-10H2,1H3,(H,22,23). The Bertz CT molecular complexity index is 747. The summed E-state index contributed by atoms with van der Waals surface area (Å²) in [5.41, 5.74) is 4.46. The Balaban J connectivity index is 1.78. The van der Waals surface area contributed by atoms with Crippen LogP contribution in [0.15, 0.2) is 47.5 Å². The summed E-state index contributed by atoms with van der Waals surface area (Å²) < 4.78 is 0. The summed E-state index contributed by atoms with van der Waals surface area (Å²) in [6.45, 7) is 4.39. The summed E-state index contributed by atoms with van der Waals surface area (Å²) in [5.74, 6) is -0.937. The number of carboxylic acids is 1. The van der Waals surface area contributed by atoms with Crippen molar-refractivity contribution in [2.45, 2.75) is 19.8 Å². The van der Waals surface area contributed by atoms with E-state index in [2.05, 4.69) is 35.0 Å². The molecule has 0 spiro atoms. The number of nitrogens with zero attached hydrogens (tertiary/aromatic N) is 2. The number of hydrogen-bond acceptors (Lipinski definition) is 3. The van der Waals surface area contributed by atoms with Gasteiger partial charge in [-0.05, 0) is 61.2 Å². The average molecular weight is 308 g/mol. The molecule has 0 aliphatic carbocycles. The number of aryl methyl sites for hydroxylation is 1. The van der Waals surface area contributed by atoms with Crippen molar-refractivity contribution in [3.63, 3.8) is 0 Å². The molecule has 2 aromatic rings. The van der Waals surface area contributed by atoms with Gasteiger partial charge < -0.3 is 10.0 Å². The molecule has 1 aliphatic heterocycles. The summed E-state index contributed by atoms with van der Waals surface area (Å²) in [4.78, 5) is 17.8. The number of aromatic carboxylic acids is 1. The van der Waals surface area contributed by atoms with Crippen LogP contribution in [0.25, 0.3) is 0 Å². The van der Waals surface area contributed by atoms with Gasteiger partial charge in [0.2, 0.25) is 0 Å². The van der Waals surface area contributed by atoms with Gasteiger partial charge in [0.05, 0.1) is 11.3 Å². The molecule has 3 rings (SSSR count). The van der Waals surface area contributed by atoms with E-state index in [4.69, 9.17) is 5.11 Å². The van der Waals surface area contributed by atoms with Gasteiger partial charge in [-0.25, -0.2) is 4.79 Å². The van der Waals surface area contributed by atoms with Crippen LogP contribution in [0.5, 0.6) is 0 Å². The van der Waals surface area contributed by atoms with Crippen LogP contribution in [0.2, 0.25) is 0 Å². The first-order valence-corrected chi connectivity index (χ1v) is 7.86. The van der Waals surface area contributed by atoms with Crippen LogP contribution in [0, 0.1) is 6.92 Å². The topological polar surface area (TPSA) is 52.9 Å². The minimum absolute atomic E-state index is 0.250. The SMILES string of the molecule is Cc1cc(C=Nc2cccc(C(=O)O)c2)ccc1N1CCCC1. The van der Waals surface area contributed by atoms with Crippen molar-refractivity contribution in [1.29, 1.82) is 0 Å². The van der Waals surface area contributed by atoms with E-state index in [9.17, 15) is 4.79 Å². The molecule has 1 N–H and O–H groups in total. The van der Waals surface area contributed by atoms with Gasteiger partial charge in [0.1, 0.15) is 0 Å². The van der Waals surface area contributed by atoms with Crippen molar-refractivity contribution >= 4 is 23.6 Å². The van der Waals surface area contributed by atoms with Crippen LogP contribution >= 0.6 is 0 Å². The van der Waals surface area contributed by atoms with Gasteiger partial charge >= 0.3 is 5.97 Å². The van der Waals surface area contributed by atoms with Crippen molar-refractivity contribution in [2.24, 2.45) is 4.99 Å². The lowest BCUT2D eigenvalue weighted by Gasteiger charge is -2.20. The third kappa shape index (κ3) is 3.59. The minimum atomic E-state index is -0.937. The van der Waals surface area contributed by atoms with E-state index in [0.29, 0.717) is 5.69 Å². The fourth-order valence-corrected chi connectivity index (χ4v) is 2.94. The summed E-state index contributed by atoms with van der Waals surface area (Å²) in [7, 11) is 0. The Hall–Kier alpha value is -2.62. The molecule has 23 heavy (non-hydrogen) atoms. The van der Waals surface area contributed by atoms with Crippen molar-refractivity contribution in [1.82, 2.24) is 0 Å². The normalized spacial score (nSPS) is 14.6. The van der Waals surface area contributed by atoms with Crippen LogP contribution < -0.4 is 4.90 Å². The third-order valence-electron chi connectivity index (χ3n) is 4.12. The molecule has 0 amide bonds. The van der Waals surface area contributed by atoms with E-state index < -0.39 is 5.97 Å². The largest absolute Gasteiger partial charge is 0.478 e. The van der Waals surface area contributed by atoms with Crippen LogP contribution in [-0.2, 0) is 0 Å². The predicted molar refractivity (Wildman–Crippen MR) is 93.3 cm³/mol. The number of rotatable bonds is 4. The van der Waals surface area contributed by atoms with Crippen LogP contribution in [0.4, 0.5) is 11.4 Å². The fourth-order valence-electron chi connectivity index (χ4n) is 2.94. The van der Waals surface area contributed by atoms with E-state index >= 15 is 0 Å². The highest BCUT2D eigenvalue weighted by Crippen LogP contribution is 2.25. The van der Waals surface area contributed by atoms with E-state index in [1.54, 1.807) is 30.5 Å². The number of anilines is 1. The molecule has 4 nitrogen and oxygen atoms in total. The number of carbonyl (C=O) groups is 1. The van der Waals surface area contributed by atoms with Gasteiger partial charge in [0.15, 0.2) is 0 Å². The van der Waals surface area contributed by atoms with Crippen LogP contribution in [0.1, 0.15) is 34.3 Å². The second-order valence-corrected chi connectivity index (χ2v) is 5.85. The lowest BCUT2D eigenvalue weighted by atomic mass is 10.1. The lowest BCUT2D eigenvalue weighted by Crippen LogP contribution is -2.18. The smallest absolute Gasteiger partial charge is 0.335 e. The molecule has 2 aromatic carbocycles.